The standard InChI is InChI=1S/C14H24N6/c1-5-8-15-14-18-12-11(16-9-17-12)13(19-14)20(7-3)10(4)6-2/h9-10H,5-8H2,1-4H3,(H2,15,16,17,18,19). The fraction of sp³-hybridized carbons (Fsp3) is 0.643. The van der Waals surface area contributed by atoms with Gasteiger partial charge in [-0.15, -0.1) is 0 Å². The molecule has 2 aromatic rings. The van der Waals surface area contributed by atoms with Crippen molar-refractivity contribution in [3.05, 3.63) is 6.33 Å². The Morgan fingerprint density at radius 3 is 2.75 bits per heavy atom. The summed E-state index contributed by atoms with van der Waals surface area (Å²) in [5.41, 5.74) is 1.63. The van der Waals surface area contributed by atoms with Crippen LogP contribution >= 0.6 is 0 Å². The third kappa shape index (κ3) is 2.84. The third-order valence-electron chi connectivity index (χ3n) is 3.54. The van der Waals surface area contributed by atoms with Crippen molar-refractivity contribution in [3.63, 3.8) is 0 Å². The molecule has 1 unspecified atom stereocenters. The first kappa shape index (κ1) is 14.6. The number of hydrogen-bond acceptors (Lipinski definition) is 5. The monoisotopic (exact) mass is 276 g/mol. The van der Waals surface area contributed by atoms with Gasteiger partial charge in [0.1, 0.15) is 5.52 Å². The van der Waals surface area contributed by atoms with Crippen LogP contribution in [0.2, 0.25) is 0 Å². The molecule has 1 atom stereocenters. The highest BCUT2D eigenvalue weighted by Crippen LogP contribution is 2.25. The van der Waals surface area contributed by atoms with E-state index in [1.54, 1.807) is 6.33 Å². The zero-order chi connectivity index (χ0) is 14.5. The van der Waals surface area contributed by atoms with Crippen LogP contribution in [0.1, 0.15) is 40.5 Å². The van der Waals surface area contributed by atoms with Gasteiger partial charge in [-0.05, 0) is 26.7 Å². The highest BCUT2D eigenvalue weighted by Gasteiger charge is 2.18. The first-order valence-electron chi connectivity index (χ1n) is 7.42. The molecule has 2 rings (SSSR count). The van der Waals surface area contributed by atoms with Crippen molar-refractivity contribution in [1.82, 2.24) is 19.9 Å². The van der Waals surface area contributed by atoms with Crippen molar-refractivity contribution in [2.24, 2.45) is 0 Å². The van der Waals surface area contributed by atoms with Crippen molar-refractivity contribution < 1.29 is 0 Å². The minimum atomic E-state index is 0.431. The first-order valence-corrected chi connectivity index (χ1v) is 7.42. The van der Waals surface area contributed by atoms with Crippen molar-refractivity contribution in [1.29, 1.82) is 0 Å². The zero-order valence-corrected chi connectivity index (χ0v) is 12.8. The van der Waals surface area contributed by atoms with Gasteiger partial charge in [-0.1, -0.05) is 13.8 Å². The van der Waals surface area contributed by atoms with E-state index in [9.17, 15) is 0 Å². The summed E-state index contributed by atoms with van der Waals surface area (Å²) < 4.78 is 0. The average molecular weight is 276 g/mol. The molecule has 0 saturated heterocycles. The maximum atomic E-state index is 4.68. The molecule has 0 amide bonds. The summed E-state index contributed by atoms with van der Waals surface area (Å²) in [5.74, 6) is 1.59. The van der Waals surface area contributed by atoms with Crippen LogP contribution in [0.5, 0.6) is 0 Å². The first-order chi connectivity index (χ1) is 9.71. The number of hydrogen-bond donors (Lipinski definition) is 2. The highest BCUT2D eigenvalue weighted by atomic mass is 15.3. The number of anilines is 2. The third-order valence-corrected chi connectivity index (χ3v) is 3.54. The van der Waals surface area contributed by atoms with Crippen LogP contribution in [0.4, 0.5) is 11.8 Å². The number of fused-ring (bicyclic) bond motifs is 1. The molecule has 2 N–H and O–H groups in total. The van der Waals surface area contributed by atoms with Gasteiger partial charge in [0.25, 0.3) is 0 Å². The molecule has 0 aromatic carbocycles. The summed E-state index contributed by atoms with van der Waals surface area (Å²) in [5, 5.41) is 3.25. The lowest BCUT2D eigenvalue weighted by atomic mass is 10.2. The maximum absolute atomic E-state index is 4.68. The Morgan fingerprint density at radius 2 is 2.10 bits per heavy atom. The zero-order valence-electron chi connectivity index (χ0n) is 12.8. The van der Waals surface area contributed by atoms with Crippen LogP contribution in [0.3, 0.4) is 0 Å². The van der Waals surface area contributed by atoms with Gasteiger partial charge in [0.05, 0.1) is 6.33 Å². The topological polar surface area (TPSA) is 69.7 Å². The van der Waals surface area contributed by atoms with Crippen LogP contribution in [-0.4, -0.2) is 39.1 Å². The molecule has 0 spiro atoms. The lowest BCUT2D eigenvalue weighted by Gasteiger charge is -2.28. The second kappa shape index (κ2) is 6.54. The average Bonchev–Trinajstić information content (AvgIpc) is 2.93. The number of imidazole rings is 1. The van der Waals surface area contributed by atoms with E-state index in [1.165, 1.54) is 0 Å². The summed E-state index contributed by atoms with van der Waals surface area (Å²) in [4.78, 5) is 18.9. The van der Waals surface area contributed by atoms with E-state index in [1.807, 2.05) is 0 Å². The van der Waals surface area contributed by atoms with Gasteiger partial charge in [0.15, 0.2) is 11.5 Å². The summed E-state index contributed by atoms with van der Waals surface area (Å²) in [6, 6.07) is 0.431. The van der Waals surface area contributed by atoms with Crippen LogP contribution in [-0.2, 0) is 0 Å². The summed E-state index contributed by atoms with van der Waals surface area (Å²) in [6.07, 6.45) is 3.79. The Morgan fingerprint density at radius 1 is 1.30 bits per heavy atom. The SMILES string of the molecule is CCCNc1nc(N(CC)C(C)CC)c2[nH]cnc2n1. The Bertz CT molecular complexity index is 550. The number of rotatable bonds is 7. The molecule has 110 valence electrons. The lowest BCUT2D eigenvalue weighted by molar-refractivity contribution is 0.624. The molecule has 2 aromatic heterocycles. The van der Waals surface area contributed by atoms with Gasteiger partial charge in [-0.3, -0.25) is 0 Å². The number of aromatic nitrogens is 4. The summed E-state index contributed by atoms with van der Waals surface area (Å²) in [6.45, 7) is 10.5. The fourth-order valence-corrected chi connectivity index (χ4v) is 2.23. The van der Waals surface area contributed by atoms with Gasteiger partial charge >= 0.3 is 0 Å². The summed E-state index contributed by atoms with van der Waals surface area (Å²) >= 11 is 0. The molecule has 6 nitrogen and oxygen atoms in total. The van der Waals surface area contributed by atoms with Gasteiger partial charge in [0, 0.05) is 19.1 Å². The normalized spacial score (nSPS) is 12.6. The van der Waals surface area contributed by atoms with E-state index in [4.69, 9.17) is 0 Å². The van der Waals surface area contributed by atoms with E-state index in [-0.39, 0.29) is 0 Å². The molecule has 0 bridgehead atoms. The van der Waals surface area contributed by atoms with Crippen LogP contribution in [0, 0.1) is 0 Å². The summed E-state index contributed by atoms with van der Waals surface area (Å²) in [7, 11) is 0. The number of nitrogens with one attached hydrogen (secondary N) is 2. The van der Waals surface area contributed by atoms with Gasteiger partial charge in [-0.25, -0.2) is 4.98 Å². The Hall–Kier alpha value is -1.85. The molecular weight excluding hydrogens is 252 g/mol. The second-order valence-corrected chi connectivity index (χ2v) is 4.94. The maximum Gasteiger partial charge on any atom is 0.226 e. The highest BCUT2D eigenvalue weighted by molar-refractivity contribution is 5.84. The molecule has 0 aliphatic rings. The molecule has 2 heterocycles. The molecule has 0 saturated carbocycles. The molecule has 0 fully saturated rings. The Kier molecular flexibility index (Phi) is 4.76. The predicted molar refractivity (Wildman–Crippen MR) is 83.2 cm³/mol. The molecule has 0 radical (unpaired) electrons. The Labute approximate surface area is 120 Å². The lowest BCUT2D eigenvalue weighted by Crippen LogP contribution is -2.33. The van der Waals surface area contributed by atoms with E-state index in [2.05, 4.69) is 57.8 Å². The molecular formula is C14H24N6. The van der Waals surface area contributed by atoms with Gasteiger partial charge < -0.3 is 15.2 Å². The van der Waals surface area contributed by atoms with Crippen LogP contribution < -0.4 is 10.2 Å². The van der Waals surface area contributed by atoms with Crippen LogP contribution in [0.15, 0.2) is 6.33 Å². The van der Waals surface area contributed by atoms with Crippen molar-refractivity contribution >= 4 is 22.9 Å². The quantitative estimate of drug-likeness (QED) is 0.813. The number of H-pyrrole nitrogens is 1. The van der Waals surface area contributed by atoms with E-state index in [0.29, 0.717) is 12.0 Å². The number of nitrogens with zero attached hydrogens (tertiary/aromatic N) is 4. The largest absolute Gasteiger partial charge is 0.354 e. The minimum Gasteiger partial charge on any atom is -0.354 e. The molecule has 20 heavy (non-hydrogen) atoms. The van der Waals surface area contributed by atoms with E-state index >= 15 is 0 Å². The van der Waals surface area contributed by atoms with Gasteiger partial charge in [0.2, 0.25) is 5.95 Å². The minimum absolute atomic E-state index is 0.431. The number of aromatic amines is 1. The Balaban J connectivity index is 2.45. The van der Waals surface area contributed by atoms with Crippen molar-refractivity contribution in [2.75, 3.05) is 23.3 Å². The molecule has 6 heteroatoms. The van der Waals surface area contributed by atoms with Crippen LogP contribution in [0.25, 0.3) is 11.2 Å². The van der Waals surface area contributed by atoms with E-state index in [0.717, 1.165) is 42.9 Å². The van der Waals surface area contributed by atoms with Gasteiger partial charge in [-0.2, -0.15) is 9.97 Å². The van der Waals surface area contributed by atoms with E-state index < -0.39 is 0 Å². The predicted octanol–water partition coefficient (Wildman–Crippen LogP) is 2.80. The smallest absolute Gasteiger partial charge is 0.226 e. The fourth-order valence-electron chi connectivity index (χ4n) is 2.23. The van der Waals surface area contributed by atoms with Crippen molar-refractivity contribution in [2.45, 2.75) is 46.6 Å². The van der Waals surface area contributed by atoms with Crippen molar-refractivity contribution in [3.8, 4) is 0 Å². The molecule has 0 aliphatic heterocycles. The second-order valence-electron chi connectivity index (χ2n) is 4.94. The molecule has 0 aliphatic carbocycles.